The largest absolute Gasteiger partial charge is 0.328 e. The lowest BCUT2D eigenvalue weighted by Crippen LogP contribution is -2.39. The van der Waals surface area contributed by atoms with Gasteiger partial charge in [-0.1, -0.05) is 32.0 Å². The molecule has 1 amide bonds. The third-order valence-electron chi connectivity index (χ3n) is 5.52. The Balaban J connectivity index is 2.13. The van der Waals surface area contributed by atoms with Crippen molar-refractivity contribution in [2.45, 2.75) is 47.2 Å². The number of carbonyl (C=O) groups excluding carboxylic acids is 1. The van der Waals surface area contributed by atoms with Crippen molar-refractivity contribution >= 4 is 22.5 Å². The van der Waals surface area contributed by atoms with Crippen molar-refractivity contribution in [1.29, 1.82) is 0 Å². The van der Waals surface area contributed by atoms with E-state index in [0.717, 1.165) is 0 Å². The number of benzene rings is 2. The summed E-state index contributed by atoms with van der Waals surface area (Å²) in [6, 6.07) is 11.1. The summed E-state index contributed by atoms with van der Waals surface area (Å²) in [5, 5.41) is 11.9. The highest BCUT2D eigenvalue weighted by molar-refractivity contribution is 5.95. The van der Waals surface area contributed by atoms with Crippen LogP contribution >= 0.6 is 0 Å². The Hall–Kier alpha value is -3.55. The molecule has 8 nitrogen and oxygen atoms in total. The molecule has 3 rings (SSSR count). The monoisotopic (exact) mass is 436 g/mol. The van der Waals surface area contributed by atoms with Crippen LogP contribution in [0.3, 0.4) is 0 Å². The van der Waals surface area contributed by atoms with E-state index in [2.05, 4.69) is 0 Å². The van der Waals surface area contributed by atoms with Gasteiger partial charge in [-0.25, -0.2) is 4.98 Å². The van der Waals surface area contributed by atoms with Crippen LogP contribution in [0.15, 0.2) is 47.3 Å². The Labute approximate surface area is 186 Å². The molecule has 0 aliphatic heterocycles. The summed E-state index contributed by atoms with van der Waals surface area (Å²) in [7, 11) is 0. The van der Waals surface area contributed by atoms with Gasteiger partial charge < -0.3 is 4.90 Å². The van der Waals surface area contributed by atoms with Crippen LogP contribution in [0, 0.1) is 23.0 Å². The molecule has 3 aromatic rings. The van der Waals surface area contributed by atoms with Gasteiger partial charge in [0.2, 0.25) is 0 Å². The molecule has 0 saturated carbocycles. The first kappa shape index (κ1) is 23.1. The van der Waals surface area contributed by atoms with Crippen molar-refractivity contribution in [3.05, 3.63) is 79.9 Å². The zero-order chi connectivity index (χ0) is 23.6. The minimum absolute atomic E-state index is 0.0951. The molecule has 1 unspecified atom stereocenters. The molecule has 0 bridgehead atoms. The fourth-order valence-corrected chi connectivity index (χ4v) is 3.86. The molecule has 32 heavy (non-hydrogen) atoms. The van der Waals surface area contributed by atoms with E-state index in [4.69, 9.17) is 4.98 Å². The molecule has 1 heterocycles. The molecule has 0 aliphatic rings. The van der Waals surface area contributed by atoms with Crippen molar-refractivity contribution in [3.63, 3.8) is 0 Å². The minimum atomic E-state index is -0.512. The second-order valence-electron chi connectivity index (χ2n) is 8.32. The van der Waals surface area contributed by atoms with Crippen LogP contribution in [0.1, 0.15) is 55.5 Å². The number of aryl methyl sites for hydroxylation is 1. The molecule has 8 heteroatoms. The van der Waals surface area contributed by atoms with E-state index in [1.54, 1.807) is 46.7 Å². The molecule has 0 fully saturated rings. The lowest BCUT2D eigenvalue weighted by Gasteiger charge is -2.32. The standard InChI is InChI=1S/C24H28N4O4/c1-6-26-22(25-20-10-8-7-9-19(20)24(26)30)17(5)27(14-15(2)3)23(29)18-12-11-16(4)21(13-18)28(31)32/h7-13,15,17H,6,14H2,1-5H3. The number of para-hydroxylation sites is 1. The van der Waals surface area contributed by atoms with E-state index in [-0.39, 0.29) is 28.6 Å². The maximum Gasteiger partial charge on any atom is 0.273 e. The molecule has 1 aromatic heterocycles. The van der Waals surface area contributed by atoms with Crippen LogP contribution in [-0.2, 0) is 6.54 Å². The molecule has 168 valence electrons. The Bertz CT molecular complexity index is 1230. The Kier molecular flexibility index (Phi) is 6.72. The number of aromatic nitrogens is 2. The summed E-state index contributed by atoms with van der Waals surface area (Å²) in [6.45, 7) is 10.2. The molecule has 1 atom stereocenters. The summed E-state index contributed by atoms with van der Waals surface area (Å²) in [6.07, 6.45) is 0. The van der Waals surface area contributed by atoms with Gasteiger partial charge in [-0.3, -0.25) is 24.3 Å². The van der Waals surface area contributed by atoms with Gasteiger partial charge in [-0.2, -0.15) is 0 Å². The lowest BCUT2D eigenvalue weighted by atomic mass is 10.1. The minimum Gasteiger partial charge on any atom is -0.328 e. The number of hydrogen-bond donors (Lipinski definition) is 0. The van der Waals surface area contributed by atoms with Crippen molar-refractivity contribution in [2.75, 3.05) is 6.54 Å². The summed E-state index contributed by atoms with van der Waals surface area (Å²) >= 11 is 0. The number of nitrogens with zero attached hydrogens (tertiary/aromatic N) is 4. The number of rotatable bonds is 7. The van der Waals surface area contributed by atoms with Crippen LogP contribution in [0.4, 0.5) is 5.69 Å². The third kappa shape index (κ3) is 4.39. The molecule has 0 spiro atoms. The lowest BCUT2D eigenvalue weighted by molar-refractivity contribution is -0.385. The van der Waals surface area contributed by atoms with E-state index < -0.39 is 11.0 Å². The Morgan fingerprint density at radius 2 is 1.88 bits per heavy atom. The van der Waals surface area contributed by atoms with E-state index in [1.165, 1.54) is 6.07 Å². The normalized spacial score (nSPS) is 12.2. The highest BCUT2D eigenvalue weighted by Gasteiger charge is 2.28. The number of amides is 1. The van der Waals surface area contributed by atoms with Crippen LogP contribution in [0.5, 0.6) is 0 Å². The Morgan fingerprint density at radius 3 is 2.50 bits per heavy atom. The SMILES string of the molecule is CCn1c(C(C)N(CC(C)C)C(=O)c2ccc(C)c([N+](=O)[O-])c2)nc2ccccc2c1=O. The second kappa shape index (κ2) is 9.30. The number of carbonyl (C=O) groups is 1. The van der Waals surface area contributed by atoms with Crippen molar-refractivity contribution < 1.29 is 9.72 Å². The molecule has 2 aromatic carbocycles. The second-order valence-corrected chi connectivity index (χ2v) is 8.32. The average molecular weight is 437 g/mol. The number of nitro benzene ring substituents is 1. The van der Waals surface area contributed by atoms with E-state index >= 15 is 0 Å². The quantitative estimate of drug-likeness (QED) is 0.401. The molecule has 0 saturated heterocycles. The van der Waals surface area contributed by atoms with Crippen molar-refractivity contribution in [1.82, 2.24) is 14.5 Å². The first-order valence-corrected chi connectivity index (χ1v) is 10.7. The molecular formula is C24H28N4O4. The summed E-state index contributed by atoms with van der Waals surface area (Å²) in [4.78, 5) is 43.9. The zero-order valence-electron chi connectivity index (χ0n) is 19.0. The predicted octanol–water partition coefficient (Wildman–Crippen LogP) is 4.49. The van der Waals surface area contributed by atoms with Gasteiger partial charge in [0, 0.05) is 30.3 Å². The highest BCUT2D eigenvalue weighted by Crippen LogP contribution is 2.26. The predicted molar refractivity (Wildman–Crippen MR) is 124 cm³/mol. The molecule has 0 radical (unpaired) electrons. The van der Waals surface area contributed by atoms with Gasteiger partial charge in [0.05, 0.1) is 21.9 Å². The fraction of sp³-hybridized carbons (Fsp3) is 0.375. The smallest absolute Gasteiger partial charge is 0.273 e. The fourth-order valence-electron chi connectivity index (χ4n) is 3.86. The molecule has 0 aliphatic carbocycles. The number of hydrogen-bond acceptors (Lipinski definition) is 5. The van der Waals surface area contributed by atoms with E-state index in [0.29, 0.717) is 35.4 Å². The average Bonchev–Trinajstić information content (AvgIpc) is 2.76. The van der Waals surface area contributed by atoms with Crippen LogP contribution in [-0.4, -0.2) is 31.8 Å². The van der Waals surface area contributed by atoms with Crippen LogP contribution in [0.25, 0.3) is 10.9 Å². The summed E-state index contributed by atoms with van der Waals surface area (Å²) < 4.78 is 1.59. The molecular weight excluding hydrogens is 408 g/mol. The van der Waals surface area contributed by atoms with Gasteiger partial charge in [-0.15, -0.1) is 0 Å². The maximum atomic E-state index is 13.5. The summed E-state index contributed by atoms with van der Waals surface area (Å²) in [5.41, 5.74) is 1.06. The molecule has 0 N–H and O–H groups in total. The van der Waals surface area contributed by atoms with Crippen LogP contribution in [0.2, 0.25) is 0 Å². The van der Waals surface area contributed by atoms with Gasteiger partial charge in [0.1, 0.15) is 5.82 Å². The Morgan fingerprint density at radius 1 is 1.19 bits per heavy atom. The van der Waals surface area contributed by atoms with Gasteiger partial charge >= 0.3 is 0 Å². The van der Waals surface area contributed by atoms with E-state index in [9.17, 15) is 19.7 Å². The van der Waals surface area contributed by atoms with Gasteiger partial charge in [0.15, 0.2) is 0 Å². The third-order valence-corrected chi connectivity index (χ3v) is 5.52. The highest BCUT2D eigenvalue weighted by atomic mass is 16.6. The van der Waals surface area contributed by atoms with Crippen LogP contribution < -0.4 is 5.56 Å². The number of fused-ring (bicyclic) bond motifs is 1. The van der Waals surface area contributed by atoms with Gasteiger partial charge in [-0.05, 0) is 44.9 Å². The zero-order valence-corrected chi connectivity index (χ0v) is 19.0. The summed E-state index contributed by atoms with van der Waals surface area (Å²) in [5.74, 6) is 0.301. The van der Waals surface area contributed by atoms with E-state index in [1.807, 2.05) is 33.8 Å². The maximum absolute atomic E-state index is 13.5. The number of nitro groups is 1. The van der Waals surface area contributed by atoms with Crippen molar-refractivity contribution in [3.8, 4) is 0 Å². The first-order valence-electron chi connectivity index (χ1n) is 10.7. The van der Waals surface area contributed by atoms with Gasteiger partial charge in [0.25, 0.3) is 17.2 Å². The topological polar surface area (TPSA) is 98.3 Å². The van der Waals surface area contributed by atoms with Crippen molar-refractivity contribution in [2.24, 2.45) is 5.92 Å². The first-order chi connectivity index (χ1) is 15.1.